The molecule has 1 aromatic carbocycles. The van der Waals surface area contributed by atoms with Crippen LogP contribution in [0.5, 0.6) is 5.75 Å². The van der Waals surface area contributed by atoms with Gasteiger partial charge in [0.15, 0.2) is 4.67 Å². The van der Waals surface area contributed by atoms with E-state index in [2.05, 4.69) is 15.9 Å². The Kier molecular flexibility index (Phi) is 3.74. The summed E-state index contributed by atoms with van der Waals surface area (Å²) < 4.78 is 24.5. The summed E-state index contributed by atoms with van der Waals surface area (Å²) in [6, 6.07) is 7.95. The van der Waals surface area contributed by atoms with Gasteiger partial charge in [0.05, 0.1) is 7.11 Å². The van der Waals surface area contributed by atoms with E-state index in [9.17, 15) is 4.39 Å². The maximum atomic E-state index is 13.8. The molecule has 2 rings (SSSR count). The van der Waals surface area contributed by atoms with E-state index in [1.165, 1.54) is 13.2 Å². The third-order valence-electron chi connectivity index (χ3n) is 2.32. The molecule has 0 saturated heterocycles. The molecule has 0 N–H and O–H groups in total. The molecule has 0 aliphatic carbocycles. The highest BCUT2D eigenvalue weighted by atomic mass is 79.9. The summed E-state index contributed by atoms with van der Waals surface area (Å²) in [6.45, 7) is 0. The van der Waals surface area contributed by atoms with Gasteiger partial charge in [-0.2, -0.15) is 0 Å². The summed E-state index contributed by atoms with van der Waals surface area (Å²) in [5.41, 5.74) is 0.356. The Hall–Kier alpha value is -1.00. The average Bonchev–Trinajstić information content (AvgIpc) is 2.75. The average molecular weight is 320 g/mol. The van der Waals surface area contributed by atoms with Gasteiger partial charge in [0.1, 0.15) is 22.7 Å². The van der Waals surface area contributed by atoms with Crippen LogP contribution in [0.15, 0.2) is 39.4 Å². The molecule has 0 saturated carbocycles. The molecule has 0 spiro atoms. The third kappa shape index (κ3) is 2.64. The number of hydrogen-bond acceptors (Lipinski definition) is 2. The molecular formula is C12H9BrClFO2. The number of hydrogen-bond donors (Lipinski definition) is 0. The highest BCUT2D eigenvalue weighted by Crippen LogP contribution is 2.34. The maximum Gasteiger partial charge on any atom is 0.169 e. The molecule has 2 aromatic rings. The minimum atomic E-state index is -0.660. The first kappa shape index (κ1) is 12.5. The Morgan fingerprint density at radius 3 is 2.65 bits per heavy atom. The summed E-state index contributed by atoms with van der Waals surface area (Å²) in [5.74, 6) is 0.523. The minimum Gasteiger partial charge on any atom is -0.497 e. The molecule has 0 bridgehead atoms. The van der Waals surface area contributed by atoms with Gasteiger partial charge in [-0.1, -0.05) is 6.07 Å². The van der Waals surface area contributed by atoms with Crippen molar-refractivity contribution in [1.29, 1.82) is 0 Å². The summed E-state index contributed by atoms with van der Waals surface area (Å²) in [4.78, 5) is 0. The van der Waals surface area contributed by atoms with E-state index < -0.39 is 11.2 Å². The van der Waals surface area contributed by atoms with Crippen molar-refractivity contribution < 1.29 is 13.5 Å². The number of furan rings is 1. The van der Waals surface area contributed by atoms with Crippen molar-refractivity contribution in [3.63, 3.8) is 0 Å². The van der Waals surface area contributed by atoms with Crippen LogP contribution in [-0.2, 0) is 0 Å². The van der Waals surface area contributed by atoms with Gasteiger partial charge in [0.2, 0.25) is 0 Å². The number of benzene rings is 1. The molecule has 1 unspecified atom stereocenters. The fraction of sp³-hybridized carbons (Fsp3) is 0.167. The number of alkyl halides is 1. The van der Waals surface area contributed by atoms with Crippen LogP contribution in [0.3, 0.4) is 0 Å². The highest BCUT2D eigenvalue weighted by Gasteiger charge is 2.18. The zero-order chi connectivity index (χ0) is 12.4. The second-order valence-electron chi connectivity index (χ2n) is 3.39. The van der Waals surface area contributed by atoms with Gasteiger partial charge in [-0.25, -0.2) is 4.39 Å². The van der Waals surface area contributed by atoms with E-state index in [1.54, 1.807) is 24.3 Å². The predicted molar refractivity (Wildman–Crippen MR) is 67.1 cm³/mol. The monoisotopic (exact) mass is 318 g/mol. The molecule has 2 nitrogen and oxygen atoms in total. The van der Waals surface area contributed by atoms with E-state index in [0.717, 1.165) is 0 Å². The molecule has 17 heavy (non-hydrogen) atoms. The second kappa shape index (κ2) is 5.10. The Bertz CT molecular complexity index is 527. The quantitative estimate of drug-likeness (QED) is 0.776. The van der Waals surface area contributed by atoms with Gasteiger partial charge >= 0.3 is 0 Å². The Morgan fingerprint density at radius 2 is 2.12 bits per heavy atom. The van der Waals surface area contributed by atoms with E-state index >= 15 is 0 Å². The van der Waals surface area contributed by atoms with Gasteiger partial charge in [-0.15, -0.1) is 11.6 Å². The normalized spacial score (nSPS) is 12.5. The first-order chi connectivity index (χ1) is 8.11. The SMILES string of the molecule is COc1ccc(C(Cl)c2ccc(Br)o2)c(F)c1. The topological polar surface area (TPSA) is 22.4 Å². The first-order valence-electron chi connectivity index (χ1n) is 4.84. The standard InChI is InChI=1S/C12H9BrClFO2/c1-16-7-2-3-8(9(15)6-7)12(14)10-4-5-11(13)17-10/h2-6,12H,1H3. The van der Waals surface area contributed by atoms with Crippen LogP contribution in [0.4, 0.5) is 4.39 Å². The van der Waals surface area contributed by atoms with Crippen LogP contribution in [-0.4, -0.2) is 7.11 Å². The van der Waals surface area contributed by atoms with Crippen molar-refractivity contribution in [2.45, 2.75) is 5.38 Å². The van der Waals surface area contributed by atoms with Crippen molar-refractivity contribution >= 4 is 27.5 Å². The summed E-state index contributed by atoms with van der Waals surface area (Å²) in [7, 11) is 1.48. The smallest absolute Gasteiger partial charge is 0.169 e. The predicted octanol–water partition coefficient (Wildman–Crippen LogP) is 4.52. The summed E-state index contributed by atoms with van der Waals surface area (Å²) in [6.07, 6.45) is 0. The number of methoxy groups -OCH3 is 1. The molecule has 0 fully saturated rings. The van der Waals surface area contributed by atoms with Crippen LogP contribution in [0.25, 0.3) is 0 Å². The Balaban J connectivity index is 2.34. The minimum absolute atomic E-state index is 0.356. The van der Waals surface area contributed by atoms with Gasteiger partial charge in [-0.3, -0.25) is 0 Å². The fourth-order valence-electron chi connectivity index (χ4n) is 1.46. The van der Waals surface area contributed by atoms with E-state index in [0.29, 0.717) is 21.7 Å². The molecule has 0 aliphatic rings. The van der Waals surface area contributed by atoms with Crippen LogP contribution < -0.4 is 4.74 Å². The molecule has 1 aromatic heterocycles. The lowest BCUT2D eigenvalue weighted by Crippen LogP contribution is -1.96. The highest BCUT2D eigenvalue weighted by molar-refractivity contribution is 9.10. The van der Waals surface area contributed by atoms with Crippen molar-refractivity contribution in [2.24, 2.45) is 0 Å². The second-order valence-corrected chi connectivity index (χ2v) is 4.61. The summed E-state index contributed by atoms with van der Waals surface area (Å²) in [5, 5.41) is -0.660. The molecule has 0 amide bonds. The molecule has 0 radical (unpaired) electrons. The fourth-order valence-corrected chi connectivity index (χ4v) is 2.07. The Morgan fingerprint density at radius 1 is 1.35 bits per heavy atom. The molecule has 5 heteroatoms. The van der Waals surface area contributed by atoms with Crippen molar-refractivity contribution in [3.05, 3.63) is 52.1 Å². The molecule has 1 heterocycles. The third-order valence-corrected chi connectivity index (χ3v) is 3.20. The van der Waals surface area contributed by atoms with Gasteiger partial charge in [0.25, 0.3) is 0 Å². The molecule has 1 atom stereocenters. The van der Waals surface area contributed by atoms with Crippen molar-refractivity contribution in [1.82, 2.24) is 0 Å². The lowest BCUT2D eigenvalue weighted by atomic mass is 10.1. The number of halogens is 3. The van der Waals surface area contributed by atoms with Gasteiger partial charge < -0.3 is 9.15 Å². The zero-order valence-electron chi connectivity index (χ0n) is 8.91. The van der Waals surface area contributed by atoms with Gasteiger partial charge in [-0.05, 0) is 34.1 Å². The number of ether oxygens (including phenoxy) is 1. The van der Waals surface area contributed by atoms with Crippen molar-refractivity contribution in [3.8, 4) is 5.75 Å². The number of rotatable bonds is 3. The summed E-state index contributed by atoms with van der Waals surface area (Å²) >= 11 is 9.33. The lowest BCUT2D eigenvalue weighted by Gasteiger charge is -2.09. The van der Waals surface area contributed by atoms with Crippen molar-refractivity contribution in [2.75, 3.05) is 7.11 Å². The van der Waals surface area contributed by atoms with E-state index in [4.69, 9.17) is 20.8 Å². The van der Waals surface area contributed by atoms with Gasteiger partial charge in [0, 0.05) is 11.6 Å². The van der Waals surface area contributed by atoms with Crippen LogP contribution in [0.1, 0.15) is 16.7 Å². The maximum absolute atomic E-state index is 13.8. The first-order valence-corrected chi connectivity index (χ1v) is 6.07. The zero-order valence-corrected chi connectivity index (χ0v) is 11.3. The molecule has 0 aliphatic heterocycles. The molecule has 90 valence electrons. The lowest BCUT2D eigenvalue weighted by molar-refractivity contribution is 0.410. The Labute approximate surface area is 111 Å². The van der Waals surface area contributed by atoms with Crippen LogP contribution >= 0.6 is 27.5 Å². The van der Waals surface area contributed by atoms with E-state index in [1.807, 2.05) is 0 Å². The van der Waals surface area contributed by atoms with E-state index in [-0.39, 0.29) is 0 Å². The van der Waals surface area contributed by atoms with Crippen LogP contribution in [0, 0.1) is 5.82 Å². The van der Waals surface area contributed by atoms with Crippen LogP contribution in [0.2, 0.25) is 0 Å². The molecular weight excluding hydrogens is 310 g/mol. The largest absolute Gasteiger partial charge is 0.497 e.